The molecule has 1 aromatic rings. The number of esters is 1. The fourth-order valence-electron chi connectivity index (χ4n) is 1.82. The van der Waals surface area contributed by atoms with Crippen molar-refractivity contribution in [3.8, 4) is 0 Å². The number of carbonyl (C=O) groups is 1. The highest BCUT2D eigenvalue weighted by atomic mass is 16.5. The van der Waals surface area contributed by atoms with Crippen molar-refractivity contribution in [2.75, 3.05) is 6.61 Å². The Morgan fingerprint density at radius 3 is 2.62 bits per heavy atom. The van der Waals surface area contributed by atoms with Gasteiger partial charge in [0.1, 0.15) is 0 Å². The molecule has 16 heavy (non-hydrogen) atoms. The lowest BCUT2D eigenvalue weighted by Crippen LogP contribution is -2.36. The van der Waals surface area contributed by atoms with Crippen LogP contribution >= 0.6 is 0 Å². The molecule has 1 atom stereocenters. The van der Waals surface area contributed by atoms with E-state index in [1.807, 2.05) is 38.1 Å². The minimum Gasteiger partial charge on any atom is -0.466 e. The molecule has 0 amide bonds. The van der Waals surface area contributed by atoms with E-state index in [1.54, 1.807) is 6.92 Å². The highest BCUT2D eigenvalue weighted by Gasteiger charge is 2.26. The molecular weight excluding hydrogens is 202 g/mol. The molecule has 0 radical (unpaired) electrons. The van der Waals surface area contributed by atoms with Crippen molar-refractivity contribution in [3.63, 3.8) is 0 Å². The van der Waals surface area contributed by atoms with Gasteiger partial charge in [-0.05, 0) is 31.9 Å². The molecule has 0 aliphatic carbocycles. The Bertz CT molecular complexity index is 372. The summed E-state index contributed by atoms with van der Waals surface area (Å²) in [6.45, 7) is 6.03. The molecule has 0 saturated heterocycles. The molecule has 0 heterocycles. The molecule has 0 aliphatic heterocycles. The first-order valence-electron chi connectivity index (χ1n) is 5.48. The van der Waals surface area contributed by atoms with Crippen molar-refractivity contribution in [3.05, 3.63) is 35.4 Å². The van der Waals surface area contributed by atoms with E-state index >= 15 is 0 Å². The van der Waals surface area contributed by atoms with Gasteiger partial charge < -0.3 is 10.5 Å². The molecule has 0 saturated carbocycles. The number of ether oxygens (including phenoxy) is 1. The fourth-order valence-corrected chi connectivity index (χ4v) is 1.82. The summed E-state index contributed by atoms with van der Waals surface area (Å²) in [4.78, 5) is 11.4. The Balaban J connectivity index is 2.85. The van der Waals surface area contributed by atoms with Crippen molar-refractivity contribution in [2.24, 2.45) is 5.73 Å². The van der Waals surface area contributed by atoms with E-state index in [0.29, 0.717) is 6.61 Å². The van der Waals surface area contributed by atoms with E-state index in [-0.39, 0.29) is 12.4 Å². The molecular formula is C13H19NO2. The van der Waals surface area contributed by atoms with Gasteiger partial charge in [-0.25, -0.2) is 0 Å². The second-order valence-corrected chi connectivity index (χ2v) is 4.21. The normalized spacial score (nSPS) is 14.2. The fraction of sp³-hybridized carbons (Fsp3) is 0.462. The average Bonchev–Trinajstić information content (AvgIpc) is 2.17. The molecule has 2 N–H and O–H groups in total. The molecule has 0 aliphatic rings. The second-order valence-electron chi connectivity index (χ2n) is 4.21. The zero-order valence-electron chi connectivity index (χ0n) is 10.1. The predicted molar refractivity (Wildman–Crippen MR) is 64.0 cm³/mol. The van der Waals surface area contributed by atoms with Crippen LogP contribution in [0.15, 0.2) is 24.3 Å². The molecule has 88 valence electrons. The monoisotopic (exact) mass is 221 g/mol. The summed E-state index contributed by atoms with van der Waals surface area (Å²) in [5.41, 5.74) is 7.58. The Labute approximate surface area is 96.6 Å². The van der Waals surface area contributed by atoms with Crippen LogP contribution in [0.2, 0.25) is 0 Å². The van der Waals surface area contributed by atoms with E-state index in [2.05, 4.69) is 0 Å². The lowest BCUT2D eigenvalue weighted by Gasteiger charge is -2.25. The van der Waals surface area contributed by atoms with Crippen LogP contribution in [0, 0.1) is 6.92 Å². The Kier molecular flexibility index (Phi) is 4.07. The van der Waals surface area contributed by atoms with Gasteiger partial charge in [0.2, 0.25) is 0 Å². The lowest BCUT2D eigenvalue weighted by molar-refractivity contribution is -0.144. The molecule has 3 nitrogen and oxygen atoms in total. The van der Waals surface area contributed by atoms with Crippen LogP contribution in [0.1, 0.15) is 31.4 Å². The van der Waals surface area contributed by atoms with Crippen molar-refractivity contribution < 1.29 is 9.53 Å². The maximum Gasteiger partial charge on any atom is 0.307 e. The van der Waals surface area contributed by atoms with Gasteiger partial charge in [-0.3, -0.25) is 4.79 Å². The van der Waals surface area contributed by atoms with E-state index in [9.17, 15) is 4.79 Å². The molecule has 0 fully saturated rings. The molecule has 3 heteroatoms. The van der Waals surface area contributed by atoms with Gasteiger partial charge in [0, 0.05) is 5.54 Å². The molecule has 0 bridgehead atoms. The standard InChI is InChI=1S/C13H19NO2/c1-4-16-12(15)9-13(3,14)11-8-6-5-7-10(11)2/h5-8H,4,9,14H2,1-3H3. The highest BCUT2D eigenvalue weighted by Crippen LogP contribution is 2.24. The average molecular weight is 221 g/mol. The van der Waals surface area contributed by atoms with Crippen LogP contribution in [-0.4, -0.2) is 12.6 Å². The van der Waals surface area contributed by atoms with Crippen molar-refractivity contribution in [1.29, 1.82) is 0 Å². The minimum atomic E-state index is -0.669. The van der Waals surface area contributed by atoms with Gasteiger partial charge in [-0.2, -0.15) is 0 Å². The van der Waals surface area contributed by atoms with Crippen LogP contribution in [0.25, 0.3) is 0 Å². The molecule has 0 aromatic heterocycles. The third kappa shape index (κ3) is 3.07. The SMILES string of the molecule is CCOC(=O)CC(C)(N)c1ccccc1C. The summed E-state index contributed by atoms with van der Waals surface area (Å²) in [5.74, 6) is -0.254. The topological polar surface area (TPSA) is 52.3 Å². The zero-order valence-corrected chi connectivity index (χ0v) is 10.1. The molecule has 1 rings (SSSR count). The van der Waals surface area contributed by atoms with Crippen molar-refractivity contribution in [1.82, 2.24) is 0 Å². The van der Waals surface area contributed by atoms with Crippen LogP contribution in [-0.2, 0) is 15.1 Å². The summed E-state index contributed by atoms with van der Waals surface area (Å²) in [5, 5.41) is 0. The maximum atomic E-state index is 11.4. The number of hydrogen-bond donors (Lipinski definition) is 1. The van der Waals surface area contributed by atoms with Crippen molar-refractivity contribution >= 4 is 5.97 Å². The second kappa shape index (κ2) is 5.12. The smallest absolute Gasteiger partial charge is 0.307 e. The largest absolute Gasteiger partial charge is 0.466 e. The van der Waals surface area contributed by atoms with Crippen LogP contribution in [0.5, 0.6) is 0 Å². The van der Waals surface area contributed by atoms with E-state index < -0.39 is 5.54 Å². The number of aryl methyl sites for hydroxylation is 1. The minimum absolute atomic E-state index is 0.200. The summed E-state index contributed by atoms with van der Waals surface area (Å²) in [7, 11) is 0. The first-order chi connectivity index (χ1) is 7.47. The van der Waals surface area contributed by atoms with Crippen LogP contribution in [0.4, 0.5) is 0 Å². The van der Waals surface area contributed by atoms with Gasteiger partial charge in [0.05, 0.1) is 13.0 Å². The zero-order chi connectivity index (χ0) is 12.2. The number of nitrogens with two attached hydrogens (primary N) is 1. The third-order valence-corrected chi connectivity index (χ3v) is 2.58. The first kappa shape index (κ1) is 12.7. The van der Waals surface area contributed by atoms with E-state index in [1.165, 1.54) is 0 Å². The first-order valence-corrected chi connectivity index (χ1v) is 5.48. The Morgan fingerprint density at radius 1 is 1.44 bits per heavy atom. The third-order valence-electron chi connectivity index (χ3n) is 2.58. The molecule has 0 spiro atoms. The van der Waals surface area contributed by atoms with Crippen LogP contribution < -0.4 is 5.73 Å². The van der Waals surface area contributed by atoms with Gasteiger partial charge in [0.25, 0.3) is 0 Å². The van der Waals surface area contributed by atoms with Crippen molar-refractivity contribution in [2.45, 2.75) is 32.7 Å². The van der Waals surface area contributed by atoms with E-state index in [4.69, 9.17) is 10.5 Å². The quantitative estimate of drug-likeness (QED) is 0.792. The van der Waals surface area contributed by atoms with E-state index in [0.717, 1.165) is 11.1 Å². The molecule has 1 unspecified atom stereocenters. The van der Waals surface area contributed by atoms with Crippen LogP contribution in [0.3, 0.4) is 0 Å². The maximum absolute atomic E-state index is 11.4. The number of carbonyl (C=O) groups excluding carboxylic acids is 1. The Hall–Kier alpha value is -1.35. The summed E-state index contributed by atoms with van der Waals surface area (Å²) < 4.78 is 4.92. The van der Waals surface area contributed by atoms with Gasteiger partial charge >= 0.3 is 5.97 Å². The predicted octanol–water partition coefficient (Wildman–Crippen LogP) is 2.12. The van der Waals surface area contributed by atoms with Gasteiger partial charge in [0.15, 0.2) is 0 Å². The number of benzene rings is 1. The summed E-state index contributed by atoms with van der Waals surface area (Å²) in [6.07, 6.45) is 0.200. The lowest BCUT2D eigenvalue weighted by atomic mass is 9.87. The molecule has 1 aromatic carbocycles. The summed E-state index contributed by atoms with van der Waals surface area (Å²) >= 11 is 0. The number of rotatable bonds is 4. The van der Waals surface area contributed by atoms with Gasteiger partial charge in [-0.15, -0.1) is 0 Å². The van der Waals surface area contributed by atoms with Gasteiger partial charge in [-0.1, -0.05) is 24.3 Å². The summed E-state index contributed by atoms with van der Waals surface area (Å²) in [6, 6.07) is 7.83. The highest BCUT2D eigenvalue weighted by molar-refractivity contribution is 5.71. The Morgan fingerprint density at radius 2 is 2.06 bits per heavy atom. The number of hydrogen-bond acceptors (Lipinski definition) is 3.